The van der Waals surface area contributed by atoms with Gasteiger partial charge >= 0.3 is 0 Å². The lowest BCUT2D eigenvalue weighted by molar-refractivity contribution is 0.0911. The van der Waals surface area contributed by atoms with E-state index in [1.54, 1.807) is 50.4 Å². The number of hydrogen-bond donors (Lipinski definition) is 5. The molecule has 10 heteroatoms. The number of nitrogens with zero attached hydrogens (tertiary/aromatic N) is 1. The highest BCUT2D eigenvalue weighted by atomic mass is 35.5. The molecule has 5 N–H and O–H groups in total. The Balaban J connectivity index is 1.81. The Bertz CT molecular complexity index is 1080. The van der Waals surface area contributed by atoms with Gasteiger partial charge in [0.15, 0.2) is 0 Å². The largest absolute Gasteiger partial charge is 0.394 e. The second-order valence-electron chi connectivity index (χ2n) is 7.45. The number of amides is 1. The maximum atomic E-state index is 12.7. The second kappa shape index (κ2) is 9.46. The fourth-order valence-electron chi connectivity index (χ4n) is 2.97. The minimum absolute atomic E-state index is 0.270. The van der Waals surface area contributed by atoms with Gasteiger partial charge < -0.3 is 25.8 Å². The zero-order chi connectivity index (χ0) is 22.8. The van der Waals surface area contributed by atoms with Crippen LogP contribution in [0.2, 0.25) is 15.1 Å². The Labute approximate surface area is 194 Å². The van der Waals surface area contributed by atoms with E-state index in [4.69, 9.17) is 34.8 Å². The highest BCUT2D eigenvalue weighted by Crippen LogP contribution is 2.31. The molecule has 1 atom stereocenters. The first kappa shape index (κ1) is 23.4. The standard InChI is InChI=1S/C21H21Cl3N4O3/c1-21(2,31)28-19-7-15(16(24)9-26-19)12-5-17(25-8-12)20(30)27-18(10-29)11-3-13(22)6-14(23)4-11/h3-9,18,25,29,31H,10H2,1-2H3,(H,26,28)(H,27,30)/t18-/m1/s1. The molecule has 0 spiro atoms. The number of aliphatic hydroxyl groups excluding tert-OH is 1. The number of carbonyl (C=O) groups is 1. The van der Waals surface area contributed by atoms with Gasteiger partial charge in [0.25, 0.3) is 5.91 Å². The summed E-state index contributed by atoms with van der Waals surface area (Å²) in [5, 5.41) is 26.5. The second-order valence-corrected chi connectivity index (χ2v) is 8.73. The third-order valence-corrected chi connectivity index (χ3v) is 5.04. The Morgan fingerprint density at radius 2 is 1.84 bits per heavy atom. The molecular weight excluding hydrogens is 463 g/mol. The van der Waals surface area contributed by atoms with Gasteiger partial charge in [0.1, 0.15) is 17.2 Å². The van der Waals surface area contributed by atoms with Crippen LogP contribution >= 0.6 is 34.8 Å². The van der Waals surface area contributed by atoms with Crippen molar-refractivity contribution in [1.29, 1.82) is 0 Å². The molecule has 1 amide bonds. The van der Waals surface area contributed by atoms with Crippen LogP contribution in [-0.2, 0) is 0 Å². The number of nitrogens with one attached hydrogen (secondary N) is 3. The van der Waals surface area contributed by atoms with Gasteiger partial charge in [-0.2, -0.15) is 0 Å². The summed E-state index contributed by atoms with van der Waals surface area (Å²) >= 11 is 18.3. The number of benzene rings is 1. The van der Waals surface area contributed by atoms with Crippen LogP contribution in [0.3, 0.4) is 0 Å². The van der Waals surface area contributed by atoms with Gasteiger partial charge in [0.05, 0.1) is 17.7 Å². The smallest absolute Gasteiger partial charge is 0.268 e. The Morgan fingerprint density at radius 1 is 1.16 bits per heavy atom. The van der Waals surface area contributed by atoms with Gasteiger partial charge in [-0.05, 0) is 49.7 Å². The van der Waals surface area contributed by atoms with Gasteiger partial charge in [-0.3, -0.25) is 4.79 Å². The van der Waals surface area contributed by atoms with Crippen molar-refractivity contribution in [2.24, 2.45) is 0 Å². The van der Waals surface area contributed by atoms with Crippen molar-refractivity contribution in [3.63, 3.8) is 0 Å². The van der Waals surface area contributed by atoms with E-state index in [9.17, 15) is 15.0 Å². The number of halogens is 3. The van der Waals surface area contributed by atoms with Gasteiger partial charge in [0, 0.05) is 33.6 Å². The predicted molar refractivity (Wildman–Crippen MR) is 123 cm³/mol. The van der Waals surface area contributed by atoms with E-state index >= 15 is 0 Å². The molecule has 0 fully saturated rings. The van der Waals surface area contributed by atoms with Crippen LogP contribution in [0.5, 0.6) is 0 Å². The zero-order valence-electron chi connectivity index (χ0n) is 16.7. The molecule has 7 nitrogen and oxygen atoms in total. The van der Waals surface area contributed by atoms with Gasteiger partial charge in [-0.1, -0.05) is 34.8 Å². The maximum Gasteiger partial charge on any atom is 0.268 e. The zero-order valence-corrected chi connectivity index (χ0v) is 19.0. The number of anilines is 1. The Hall–Kier alpha value is -2.29. The van der Waals surface area contributed by atoms with Crippen LogP contribution < -0.4 is 10.6 Å². The molecule has 2 heterocycles. The molecule has 0 saturated carbocycles. The van der Waals surface area contributed by atoms with E-state index in [2.05, 4.69) is 20.6 Å². The van der Waals surface area contributed by atoms with Crippen LogP contribution in [0, 0.1) is 0 Å². The third-order valence-electron chi connectivity index (χ3n) is 4.30. The van der Waals surface area contributed by atoms with Gasteiger partial charge in [0.2, 0.25) is 0 Å². The Morgan fingerprint density at radius 3 is 2.45 bits per heavy atom. The number of aromatic amines is 1. The van der Waals surface area contributed by atoms with Gasteiger partial charge in [-0.15, -0.1) is 0 Å². The topological polar surface area (TPSA) is 110 Å². The maximum absolute atomic E-state index is 12.7. The van der Waals surface area contributed by atoms with E-state index in [0.29, 0.717) is 37.6 Å². The van der Waals surface area contributed by atoms with Crippen molar-refractivity contribution < 1.29 is 15.0 Å². The number of carbonyl (C=O) groups excluding carboxylic acids is 1. The highest BCUT2D eigenvalue weighted by molar-refractivity contribution is 6.34. The summed E-state index contributed by atoms with van der Waals surface area (Å²) in [5.74, 6) is -0.00121. The summed E-state index contributed by atoms with van der Waals surface area (Å²) in [4.78, 5) is 19.8. The molecule has 2 aromatic heterocycles. The molecule has 0 radical (unpaired) electrons. The SMILES string of the molecule is CC(C)(O)Nc1cc(-c2c[nH]c(C(=O)N[C@H](CO)c3cc(Cl)cc(Cl)c3)c2)c(Cl)cn1. The number of rotatable bonds is 7. The fourth-order valence-corrected chi connectivity index (χ4v) is 3.72. The van der Waals surface area contributed by atoms with E-state index in [1.165, 1.54) is 6.20 Å². The molecule has 0 aliphatic rings. The number of hydrogen-bond acceptors (Lipinski definition) is 5. The third kappa shape index (κ3) is 6.12. The lowest BCUT2D eigenvalue weighted by Gasteiger charge is -2.20. The van der Waals surface area contributed by atoms with Crippen molar-refractivity contribution in [3.8, 4) is 11.1 Å². The van der Waals surface area contributed by atoms with Crippen LogP contribution in [0.15, 0.2) is 42.7 Å². The minimum Gasteiger partial charge on any atom is -0.394 e. The number of H-pyrrole nitrogens is 1. The summed E-state index contributed by atoms with van der Waals surface area (Å²) in [6.07, 6.45) is 3.09. The van der Waals surface area contributed by atoms with Crippen molar-refractivity contribution in [1.82, 2.24) is 15.3 Å². The van der Waals surface area contributed by atoms with Crippen LogP contribution in [0.1, 0.15) is 35.9 Å². The van der Waals surface area contributed by atoms with Crippen LogP contribution in [0.25, 0.3) is 11.1 Å². The number of aromatic nitrogens is 2. The summed E-state index contributed by atoms with van der Waals surface area (Å²) in [5.41, 5.74) is 0.969. The van der Waals surface area contributed by atoms with Crippen molar-refractivity contribution >= 4 is 46.5 Å². The lowest BCUT2D eigenvalue weighted by atomic mass is 10.1. The molecule has 0 aliphatic carbocycles. The number of aliphatic hydroxyl groups is 2. The van der Waals surface area contributed by atoms with Crippen LogP contribution in [-0.4, -0.2) is 38.4 Å². The average Bonchev–Trinajstić information content (AvgIpc) is 3.15. The summed E-state index contributed by atoms with van der Waals surface area (Å²) in [6, 6.07) is 7.44. The van der Waals surface area contributed by atoms with E-state index in [0.717, 1.165) is 0 Å². The average molecular weight is 484 g/mol. The first-order valence-electron chi connectivity index (χ1n) is 9.28. The molecule has 3 rings (SSSR count). The van der Waals surface area contributed by atoms with Crippen molar-refractivity contribution in [2.75, 3.05) is 11.9 Å². The molecule has 31 heavy (non-hydrogen) atoms. The monoisotopic (exact) mass is 482 g/mol. The summed E-state index contributed by atoms with van der Waals surface area (Å²) < 4.78 is 0. The molecular formula is C21H21Cl3N4O3. The minimum atomic E-state index is -1.16. The molecule has 1 aromatic carbocycles. The molecule has 0 bridgehead atoms. The fraction of sp³-hybridized carbons (Fsp3) is 0.238. The van der Waals surface area contributed by atoms with E-state index < -0.39 is 17.7 Å². The predicted octanol–water partition coefficient (Wildman–Crippen LogP) is 4.64. The van der Waals surface area contributed by atoms with Gasteiger partial charge in [-0.25, -0.2) is 4.98 Å². The normalized spacial score (nSPS) is 12.5. The lowest BCUT2D eigenvalue weighted by Crippen LogP contribution is -2.31. The van der Waals surface area contributed by atoms with E-state index in [-0.39, 0.29) is 12.3 Å². The Kier molecular flexibility index (Phi) is 7.13. The van der Waals surface area contributed by atoms with E-state index in [1.807, 2.05) is 0 Å². The summed E-state index contributed by atoms with van der Waals surface area (Å²) in [7, 11) is 0. The van der Waals surface area contributed by atoms with Crippen molar-refractivity contribution in [2.45, 2.75) is 25.6 Å². The van der Waals surface area contributed by atoms with Crippen molar-refractivity contribution in [3.05, 3.63) is 69.1 Å². The van der Waals surface area contributed by atoms with Crippen LogP contribution in [0.4, 0.5) is 5.82 Å². The highest BCUT2D eigenvalue weighted by Gasteiger charge is 2.19. The first-order valence-corrected chi connectivity index (χ1v) is 10.4. The number of pyridine rings is 1. The summed E-state index contributed by atoms with van der Waals surface area (Å²) in [6.45, 7) is 2.84. The molecule has 3 aromatic rings. The molecule has 0 unspecified atom stereocenters. The molecule has 0 aliphatic heterocycles. The quantitative estimate of drug-likeness (QED) is 0.314. The molecule has 164 valence electrons. The molecule has 0 saturated heterocycles. The first-order chi connectivity index (χ1) is 14.6.